The molecule has 1 aliphatic heterocycles. The van der Waals surface area contributed by atoms with Crippen LogP contribution in [0.2, 0.25) is 0 Å². The second kappa shape index (κ2) is 9.11. The number of methoxy groups -OCH3 is 3. The maximum Gasteiger partial charge on any atom is 0.164 e. The highest BCUT2D eigenvalue weighted by Gasteiger charge is 2.27. The van der Waals surface area contributed by atoms with Crippen molar-refractivity contribution in [2.45, 2.75) is 19.4 Å². The predicted octanol–water partition coefficient (Wildman–Crippen LogP) is 3.41. The molecule has 2 aromatic carbocycles. The van der Waals surface area contributed by atoms with Gasteiger partial charge in [-0.05, 0) is 31.5 Å². The second-order valence-corrected chi connectivity index (χ2v) is 6.91. The number of aryl methyl sites for hydroxylation is 1. The first-order valence-electron chi connectivity index (χ1n) is 9.49. The normalized spacial score (nSPS) is 16.4. The van der Waals surface area contributed by atoms with Crippen LogP contribution in [0.3, 0.4) is 0 Å². The Bertz CT molecular complexity index is 755. The van der Waals surface area contributed by atoms with E-state index in [4.69, 9.17) is 14.2 Å². The van der Waals surface area contributed by atoms with E-state index in [1.165, 1.54) is 11.1 Å². The highest BCUT2D eigenvalue weighted by atomic mass is 16.5. The predicted molar refractivity (Wildman–Crippen MR) is 108 cm³/mol. The molecule has 1 atom stereocenters. The molecule has 1 aliphatic rings. The molecule has 0 spiro atoms. The van der Waals surface area contributed by atoms with Crippen molar-refractivity contribution in [1.29, 1.82) is 0 Å². The number of rotatable bonds is 6. The minimum atomic E-state index is 0.0968. The molecule has 0 aromatic heterocycles. The lowest BCUT2D eigenvalue weighted by molar-refractivity contribution is 0.235. The van der Waals surface area contributed by atoms with E-state index < -0.39 is 0 Å². The summed E-state index contributed by atoms with van der Waals surface area (Å²) in [6.07, 6.45) is 1.12. The molecule has 146 valence electrons. The Balaban J connectivity index is 2.14. The van der Waals surface area contributed by atoms with Gasteiger partial charge in [0.1, 0.15) is 5.75 Å². The van der Waals surface area contributed by atoms with E-state index in [2.05, 4.69) is 47.5 Å². The van der Waals surface area contributed by atoms with E-state index in [0.717, 1.165) is 49.7 Å². The third kappa shape index (κ3) is 4.37. The fourth-order valence-electron chi connectivity index (χ4n) is 3.82. The van der Waals surface area contributed by atoms with Crippen molar-refractivity contribution in [3.63, 3.8) is 0 Å². The minimum Gasteiger partial charge on any atom is -0.496 e. The monoisotopic (exact) mass is 370 g/mol. The van der Waals surface area contributed by atoms with Gasteiger partial charge in [0.25, 0.3) is 0 Å². The lowest BCUT2D eigenvalue weighted by Gasteiger charge is -2.32. The summed E-state index contributed by atoms with van der Waals surface area (Å²) in [4.78, 5) is 2.53. The lowest BCUT2D eigenvalue weighted by atomic mass is 9.94. The molecule has 1 N–H and O–H groups in total. The molecular weight excluding hydrogens is 340 g/mol. The summed E-state index contributed by atoms with van der Waals surface area (Å²) in [7, 11) is 5.03. The Morgan fingerprint density at radius 3 is 2.33 bits per heavy atom. The second-order valence-electron chi connectivity index (χ2n) is 6.91. The zero-order valence-electron chi connectivity index (χ0n) is 16.7. The van der Waals surface area contributed by atoms with Crippen molar-refractivity contribution in [3.8, 4) is 17.2 Å². The first-order valence-corrected chi connectivity index (χ1v) is 9.49. The Morgan fingerprint density at radius 1 is 0.889 bits per heavy atom. The van der Waals surface area contributed by atoms with Gasteiger partial charge in [0.05, 0.1) is 27.4 Å². The van der Waals surface area contributed by atoms with Crippen LogP contribution >= 0.6 is 0 Å². The van der Waals surface area contributed by atoms with Crippen LogP contribution in [0.25, 0.3) is 0 Å². The number of ether oxygens (including phenoxy) is 3. The Kier molecular flexibility index (Phi) is 6.58. The summed E-state index contributed by atoms with van der Waals surface area (Å²) in [6, 6.07) is 12.8. The van der Waals surface area contributed by atoms with Crippen LogP contribution in [0, 0.1) is 6.92 Å². The maximum absolute atomic E-state index is 5.76. The molecule has 5 heteroatoms. The van der Waals surface area contributed by atoms with Crippen LogP contribution in [0.4, 0.5) is 0 Å². The van der Waals surface area contributed by atoms with Crippen LogP contribution in [-0.2, 0) is 0 Å². The summed E-state index contributed by atoms with van der Waals surface area (Å²) >= 11 is 0. The number of hydrogen-bond acceptors (Lipinski definition) is 5. The van der Waals surface area contributed by atoms with Gasteiger partial charge in [-0.2, -0.15) is 0 Å². The molecule has 2 aromatic rings. The molecule has 27 heavy (non-hydrogen) atoms. The first-order chi connectivity index (χ1) is 13.2. The van der Waals surface area contributed by atoms with Gasteiger partial charge in [-0.25, -0.2) is 0 Å². The van der Waals surface area contributed by atoms with Crippen molar-refractivity contribution in [2.75, 3.05) is 47.5 Å². The molecule has 3 rings (SSSR count). The fraction of sp³-hybridized carbons (Fsp3) is 0.455. The van der Waals surface area contributed by atoms with Crippen LogP contribution < -0.4 is 19.5 Å². The molecule has 0 amide bonds. The summed E-state index contributed by atoms with van der Waals surface area (Å²) < 4.78 is 16.8. The minimum absolute atomic E-state index is 0.0968. The van der Waals surface area contributed by atoms with Gasteiger partial charge in [-0.1, -0.05) is 29.8 Å². The molecular formula is C22H30N2O3. The van der Waals surface area contributed by atoms with Crippen molar-refractivity contribution in [2.24, 2.45) is 0 Å². The fourth-order valence-corrected chi connectivity index (χ4v) is 3.82. The summed E-state index contributed by atoms with van der Waals surface area (Å²) in [5, 5.41) is 3.50. The van der Waals surface area contributed by atoms with Crippen molar-refractivity contribution >= 4 is 0 Å². The maximum atomic E-state index is 5.76. The molecule has 1 unspecified atom stereocenters. The van der Waals surface area contributed by atoms with E-state index in [1.807, 2.05) is 6.07 Å². The number of nitrogens with one attached hydrogen (secondary N) is 1. The smallest absolute Gasteiger partial charge is 0.164 e. The quantitative estimate of drug-likeness (QED) is 0.844. The zero-order valence-corrected chi connectivity index (χ0v) is 16.7. The Labute approximate surface area is 162 Å². The van der Waals surface area contributed by atoms with Crippen molar-refractivity contribution < 1.29 is 14.2 Å². The molecule has 1 saturated heterocycles. The average molecular weight is 370 g/mol. The van der Waals surface area contributed by atoms with Crippen LogP contribution in [0.15, 0.2) is 36.4 Å². The molecule has 1 heterocycles. The van der Waals surface area contributed by atoms with Crippen LogP contribution in [-0.4, -0.2) is 52.4 Å². The first kappa shape index (κ1) is 19.5. The standard InChI is InChI=1S/C22H30N2O3/c1-16-7-5-8-17(13-16)22(24-11-6-9-23-10-12-24)18-14-20(26-3)21(27-4)15-19(18)25-2/h5,7-8,13-15,22-23H,6,9-12H2,1-4H3. The zero-order chi connectivity index (χ0) is 19.2. The van der Waals surface area contributed by atoms with E-state index in [1.54, 1.807) is 21.3 Å². The number of nitrogens with zero attached hydrogens (tertiary/aromatic N) is 1. The molecule has 0 radical (unpaired) electrons. The third-order valence-electron chi connectivity index (χ3n) is 5.13. The highest BCUT2D eigenvalue weighted by Crippen LogP contribution is 2.42. The number of benzene rings is 2. The third-order valence-corrected chi connectivity index (χ3v) is 5.13. The van der Waals surface area contributed by atoms with Gasteiger partial charge in [0, 0.05) is 31.3 Å². The van der Waals surface area contributed by atoms with Gasteiger partial charge in [-0.15, -0.1) is 0 Å². The summed E-state index contributed by atoms with van der Waals surface area (Å²) in [5.74, 6) is 2.22. The largest absolute Gasteiger partial charge is 0.496 e. The van der Waals surface area contributed by atoms with Gasteiger partial charge in [-0.3, -0.25) is 4.90 Å². The SMILES string of the molecule is COc1cc(OC)c(C(c2cccc(C)c2)N2CCCNCC2)cc1OC. The Hall–Kier alpha value is -2.24. The van der Waals surface area contributed by atoms with Crippen LogP contribution in [0.1, 0.15) is 29.2 Å². The van der Waals surface area contributed by atoms with Gasteiger partial charge >= 0.3 is 0 Å². The average Bonchev–Trinajstić information content (AvgIpc) is 2.97. The van der Waals surface area contributed by atoms with E-state index in [0.29, 0.717) is 5.75 Å². The summed E-state index contributed by atoms with van der Waals surface area (Å²) in [5.41, 5.74) is 3.62. The van der Waals surface area contributed by atoms with Crippen LogP contribution in [0.5, 0.6) is 17.2 Å². The molecule has 0 bridgehead atoms. The Morgan fingerprint density at radius 2 is 1.63 bits per heavy atom. The molecule has 5 nitrogen and oxygen atoms in total. The molecule has 1 fully saturated rings. The topological polar surface area (TPSA) is 43.0 Å². The number of hydrogen-bond donors (Lipinski definition) is 1. The van der Waals surface area contributed by atoms with Crippen molar-refractivity contribution in [1.82, 2.24) is 10.2 Å². The summed E-state index contributed by atoms with van der Waals surface area (Å²) in [6.45, 7) is 6.19. The lowest BCUT2D eigenvalue weighted by Crippen LogP contribution is -2.33. The van der Waals surface area contributed by atoms with Gasteiger partial charge in [0.15, 0.2) is 11.5 Å². The molecule has 0 aliphatic carbocycles. The van der Waals surface area contributed by atoms with E-state index in [-0.39, 0.29) is 6.04 Å². The van der Waals surface area contributed by atoms with Gasteiger partial charge < -0.3 is 19.5 Å². The van der Waals surface area contributed by atoms with E-state index in [9.17, 15) is 0 Å². The highest BCUT2D eigenvalue weighted by molar-refractivity contribution is 5.54. The van der Waals surface area contributed by atoms with Crippen molar-refractivity contribution in [3.05, 3.63) is 53.1 Å². The van der Waals surface area contributed by atoms with Gasteiger partial charge in [0.2, 0.25) is 0 Å². The van der Waals surface area contributed by atoms with E-state index >= 15 is 0 Å². The molecule has 0 saturated carbocycles.